The summed E-state index contributed by atoms with van der Waals surface area (Å²) in [5, 5.41) is 9.67. The summed E-state index contributed by atoms with van der Waals surface area (Å²) < 4.78 is 5.14. The molecule has 29 heavy (non-hydrogen) atoms. The van der Waals surface area contributed by atoms with Crippen LogP contribution in [0.3, 0.4) is 0 Å². The molecule has 2 N–H and O–H groups in total. The monoisotopic (exact) mass is 390 g/mol. The van der Waals surface area contributed by atoms with Gasteiger partial charge in [-0.15, -0.1) is 0 Å². The van der Waals surface area contributed by atoms with Crippen LogP contribution in [0, 0.1) is 12.8 Å². The smallest absolute Gasteiger partial charge is 0.257 e. The molecule has 0 bridgehead atoms. The van der Waals surface area contributed by atoms with Crippen molar-refractivity contribution in [1.82, 2.24) is 15.5 Å². The maximum absolute atomic E-state index is 12.6. The van der Waals surface area contributed by atoms with Gasteiger partial charge in [0, 0.05) is 22.7 Å². The number of carbonyl (C=O) groups is 2. The number of hydrogen-bond donors (Lipinski definition) is 2. The predicted molar refractivity (Wildman–Crippen MR) is 108 cm³/mol. The van der Waals surface area contributed by atoms with E-state index in [1.165, 1.54) is 0 Å². The van der Waals surface area contributed by atoms with Crippen LogP contribution in [0.15, 0.2) is 53.1 Å². The second-order valence-corrected chi connectivity index (χ2v) is 7.30. The van der Waals surface area contributed by atoms with Gasteiger partial charge in [0.05, 0.1) is 6.04 Å². The molecule has 2 aromatic carbocycles. The topological polar surface area (TPSA) is 97.1 Å². The number of anilines is 1. The number of amides is 2. The zero-order valence-corrected chi connectivity index (χ0v) is 16.3. The number of carbonyl (C=O) groups excluding carboxylic acids is 2. The molecule has 1 fully saturated rings. The van der Waals surface area contributed by atoms with E-state index in [1.807, 2.05) is 31.2 Å². The minimum absolute atomic E-state index is 0.0817. The van der Waals surface area contributed by atoms with Crippen LogP contribution in [-0.2, 0) is 4.79 Å². The van der Waals surface area contributed by atoms with E-state index in [1.54, 1.807) is 31.2 Å². The van der Waals surface area contributed by atoms with Gasteiger partial charge >= 0.3 is 0 Å². The Hall–Kier alpha value is -3.48. The maximum atomic E-state index is 12.6. The fourth-order valence-electron chi connectivity index (χ4n) is 2.99. The highest BCUT2D eigenvalue weighted by atomic mass is 16.5. The minimum Gasteiger partial charge on any atom is -0.346 e. The lowest BCUT2D eigenvalue weighted by atomic mass is 10.1. The normalized spacial score (nSPS) is 14.3. The van der Waals surface area contributed by atoms with E-state index < -0.39 is 0 Å². The van der Waals surface area contributed by atoms with Crippen LogP contribution in [0.25, 0.3) is 11.5 Å². The van der Waals surface area contributed by atoms with Gasteiger partial charge in [-0.3, -0.25) is 9.59 Å². The Morgan fingerprint density at radius 2 is 1.76 bits per heavy atom. The van der Waals surface area contributed by atoms with Crippen molar-refractivity contribution in [2.24, 2.45) is 5.92 Å². The highest BCUT2D eigenvalue weighted by molar-refractivity contribution is 5.95. The fraction of sp³-hybridized carbons (Fsp3) is 0.273. The van der Waals surface area contributed by atoms with E-state index in [0.29, 0.717) is 17.3 Å². The Morgan fingerprint density at radius 1 is 1.07 bits per heavy atom. The third-order valence-corrected chi connectivity index (χ3v) is 4.90. The summed E-state index contributed by atoms with van der Waals surface area (Å²) in [5.74, 6) is 1.07. The summed E-state index contributed by atoms with van der Waals surface area (Å²) >= 11 is 0. The third-order valence-electron chi connectivity index (χ3n) is 4.90. The lowest BCUT2D eigenvalue weighted by Crippen LogP contribution is -2.26. The van der Waals surface area contributed by atoms with Gasteiger partial charge in [0.25, 0.3) is 11.8 Å². The molecule has 1 saturated carbocycles. The summed E-state index contributed by atoms with van der Waals surface area (Å²) in [5.41, 5.74) is 3.04. The second-order valence-electron chi connectivity index (χ2n) is 7.30. The Balaban J connectivity index is 1.36. The van der Waals surface area contributed by atoms with Crippen LogP contribution in [-0.4, -0.2) is 22.0 Å². The highest BCUT2D eigenvalue weighted by Crippen LogP contribution is 2.30. The Labute approximate surface area is 168 Å². The molecule has 0 saturated heterocycles. The van der Waals surface area contributed by atoms with Gasteiger partial charge < -0.3 is 15.2 Å². The third kappa shape index (κ3) is 4.51. The molecular formula is C22H22N4O3. The molecule has 1 atom stereocenters. The van der Waals surface area contributed by atoms with Gasteiger partial charge in [0.15, 0.2) is 5.82 Å². The standard InChI is InChI=1S/C22H22N4O3/c1-13(15-9-11-19(12-10-15)25-21(28)17-3-4-17)23-20(27)16-5-7-18(8-6-16)22-24-14(2)26-29-22/h5-13,17H,3-4H2,1-2H3,(H,23,27)(H,25,28). The van der Waals surface area contributed by atoms with E-state index in [0.717, 1.165) is 29.7 Å². The molecule has 0 aliphatic heterocycles. The number of aromatic nitrogens is 2. The zero-order valence-electron chi connectivity index (χ0n) is 16.3. The zero-order chi connectivity index (χ0) is 20.4. The number of aryl methyl sites for hydroxylation is 1. The minimum atomic E-state index is -0.172. The van der Waals surface area contributed by atoms with Crippen LogP contribution in [0.5, 0.6) is 0 Å². The molecule has 3 aromatic rings. The van der Waals surface area contributed by atoms with Crippen molar-refractivity contribution in [3.8, 4) is 11.5 Å². The van der Waals surface area contributed by atoms with Crippen LogP contribution in [0.2, 0.25) is 0 Å². The van der Waals surface area contributed by atoms with Gasteiger partial charge in [-0.1, -0.05) is 17.3 Å². The summed E-state index contributed by atoms with van der Waals surface area (Å²) in [6.45, 7) is 3.68. The van der Waals surface area contributed by atoms with E-state index in [4.69, 9.17) is 4.52 Å². The number of benzene rings is 2. The first-order chi connectivity index (χ1) is 14.0. The maximum Gasteiger partial charge on any atom is 0.257 e. The molecule has 148 valence electrons. The van der Waals surface area contributed by atoms with Crippen LogP contribution in [0.1, 0.15) is 47.6 Å². The van der Waals surface area contributed by atoms with Crippen LogP contribution in [0.4, 0.5) is 5.69 Å². The molecule has 1 aromatic heterocycles. The first-order valence-corrected chi connectivity index (χ1v) is 9.62. The predicted octanol–water partition coefficient (Wildman–Crippen LogP) is 3.88. The second kappa shape index (κ2) is 7.87. The average Bonchev–Trinajstić information content (AvgIpc) is 3.49. The molecule has 1 unspecified atom stereocenters. The Bertz CT molecular complexity index is 1020. The van der Waals surface area contributed by atoms with Crippen molar-refractivity contribution in [2.75, 3.05) is 5.32 Å². The lowest BCUT2D eigenvalue weighted by Gasteiger charge is -2.15. The molecule has 2 amide bonds. The van der Waals surface area contributed by atoms with E-state index >= 15 is 0 Å². The van der Waals surface area contributed by atoms with Gasteiger partial charge in [-0.05, 0) is 68.7 Å². The molecule has 1 heterocycles. The Kier molecular flexibility index (Phi) is 5.12. The molecule has 1 aliphatic carbocycles. The molecule has 7 heteroatoms. The van der Waals surface area contributed by atoms with Crippen LogP contribution < -0.4 is 10.6 Å². The van der Waals surface area contributed by atoms with E-state index in [9.17, 15) is 9.59 Å². The van der Waals surface area contributed by atoms with Crippen LogP contribution >= 0.6 is 0 Å². The van der Waals surface area contributed by atoms with E-state index in [-0.39, 0.29) is 23.8 Å². The Morgan fingerprint density at radius 3 is 2.34 bits per heavy atom. The quantitative estimate of drug-likeness (QED) is 0.666. The number of nitrogens with one attached hydrogen (secondary N) is 2. The van der Waals surface area contributed by atoms with Crippen molar-refractivity contribution in [1.29, 1.82) is 0 Å². The molecule has 4 rings (SSSR count). The number of rotatable bonds is 6. The van der Waals surface area contributed by atoms with Gasteiger partial charge in [0.2, 0.25) is 5.91 Å². The molecular weight excluding hydrogens is 368 g/mol. The summed E-state index contributed by atoms with van der Waals surface area (Å²) in [4.78, 5) is 28.6. The first kappa shape index (κ1) is 18.9. The number of hydrogen-bond acceptors (Lipinski definition) is 5. The molecule has 0 spiro atoms. The molecule has 1 aliphatic rings. The molecule has 7 nitrogen and oxygen atoms in total. The van der Waals surface area contributed by atoms with Gasteiger partial charge in [-0.25, -0.2) is 0 Å². The SMILES string of the molecule is Cc1noc(-c2ccc(C(=O)NC(C)c3ccc(NC(=O)C4CC4)cc3)cc2)n1. The van der Waals surface area contributed by atoms with Crippen molar-refractivity contribution >= 4 is 17.5 Å². The van der Waals surface area contributed by atoms with Gasteiger partial charge in [-0.2, -0.15) is 4.98 Å². The fourth-order valence-corrected chi connectivity index (χ4v) is 2.99. The first-order valence-electron chi connectivity index (χ1n) is 9.62. The van der Waals surface area contributed by atoms with Gasteiger partial charge in [0.1, 0.15) is 0 Å². The van der Waals surface area contributed by atoms with Crippen molar-refractivity contribution < 1.29 is 14.1 Å². The number of nitrogens with zero attached hydrogens (tertiary/aromatic N) is 2. The van der Waals surface area contributed by atoms with E-state index in [2.05, 4.69) is 20.8 Å². The molecule has 0 radical (unpaired) electrons. The largest absolute Gasteiger partial charge is 0.346 e. The summed E-state index contributed by atoms with van der Waals surface area (Å²) in [6, 6.07) is 14.4. The summed E-state index contributed by atoms with van der Waals surface area (Å²) in [7, 11) is 0. The van der Waals surface area contributed by atoms with Crippen molar-refractivity contribution in [3.05, 3.63) is 65.5 Å². The average molecular weight is 390 g/mol. The highest BCUT2D eigenvalue weighted by Gasteiger charge is 2.29. The summed E-state index contributed by atoms with van der Waals surface area (Å²) in [6.07, 6.45) is 1.95. The lowest BCUT2D eigenvalue weighted by molar-refractivity contribution is -0.117. The van der Waals surface area contributed by atoms with Crippen molar-refractivity contribution in [2.45, 2.75) is 32.7 Å². The van der Waals surface area contributed by atoms with Crippen molar-refractivity contribution in [3.63, 3.8) is 0 Å².